The van der Waals surface area contributed by atoms with Gasteiger partial charge in [-0.05, 0) is 33.6 Å². The summed E-state index contributed by atoms with van der Waals surface area (Å²) in [6, 6.07) is 0. The van der Waals surface area contributed by atoms with Crippen LogP contribution in [0.1, 0.15) is 33.6 Å². The Morgan fingerprint density at radius 1 is 1.35 bits per heavy atom. The van der Waals surface area contributed by atoms with Crippen molar-refractivity contribution >= 4 is 15.8 Å². The predicted molar refractivity (Wildman–Crippen MR) is 67.6 cm³/mol. The van der Waals surface area contributed by atoms with Crippen LogP contribution in [0, 0.1) is 4.78 Å². The summed E-state index contributed by atoms with van der Waals surface area (Å²) >= 11 is 0. The second kappa shape index (κ2) is 4.84. The van der Waals surface area contributed by atoms with Gasteiger partial charge < -0.3 is 9.64 Å². The number of nitrogens with one attached hydrogen (secondary N) is 1. The quantitative estimate of drug-likeness (QED) is 0.786. The van der Waals surface area contributed by atoms with E-state index in [0.717, 1.165) is 0 Å². The minimum atomic E-state index is -2.49. The summed E-state index contributed by atoms with van der Waals surface area (Å²) in [4.78, 5) is 13.4. The number of nitrogens with zero attached hydrogens (tertiary/aromatic N) is 1. The zero-order chi connectivity index (χ0) is 13.3. The molecule has 1 N–H and O–H groups in total. The molecule has 6 heteroatoms. The fraction of sp³-hybridized carbons (Fsp3) is 0.909. The van der Waals surface area contributed by atoms with Crippen molar-refractivity contribution in [1.29, 1.82) is 4.78 Å². The van der Waals surface area contributed by atoms with Crippen LogP contribution in [0.25, 0.3) is 0 Å². The summed E-state index contributed by atoms with van der Waals surface area (Å²) in [5.74, 6) is 0. The number of hydrogen-bond acceptors (Lipinski definition) is 4. The van der Waals surface area contributed by atoms with Gasteiger partial charge in [0.05, 0.1) is 0 Å². The lowest BCUT2D eigenvalue weighted by atomic mass is 10.1. The average Bonchev–Trinajstić information content (AvgIpc) is 2.14. The highest BCUT2D eigenvalue weighted by atomic mass is 32.2. The molecule has 1 fully saturated rings. The van der Waals surface area contributed by atoms with Crippen molar-refractivity contribution in [3.63, 3.8) is 0 Å². The summed E-state index contributed by atoms with van der Waals surface area (Å²) in [7, 11) is -2.49. The van der Waals surface area contributed by atoms with E-state index in [4.69, 9.17) is 9.52 Å². The molecule has 1 aliphatic rings. The van der Waals surface area contributed by atoms with E-state index in [1.54, 1.807) is 4.90 Å². The molecule has 1 rings (SSSR count). The Hall–Kier alpha value is -0.780. The van der Waals surface area contributed by atoms with Gasteiger partial charge in [-0.1, -0.05) is 0 Å². The summed E-state index contributed by atoms with van der Waals surface area (Å²) in [5.41, 5.74) is -0.484. The molecule has 100 valence electrons. The van der Waals surface area contributed by atoms with Crippen LogP contribution in [-0.2, 0) is 14.5 Å². The molecule has 1 amide bonds. The van der Waals surface area contributed by atoms with Crippen LogP contribution >= 0.6 is 0 Å². The van der Waals surface area contributed by atoms with Gasteiger partial charge in [0.2, 0.25) is 0 Å². The van der Waals surface area contributed by atoms with E-state index < -0.39 is 15.3 Å². The molecule has 5 nitrogen and oxygen atoms in total. The Balaban J connectivity index is 2.50. The van der Waals surface area contributed by atoms with E-state index in [1.165, 1.54) is 6.26 Å². The lowest BCUT2D eigenvalue weighted by Gasteiger charge is -2.33. The molecule has 0 aliphatic carbocycles. The first kappa shape index (κ1) is 14.3. The van der Waals surface area contributed by atoms with Crippen LogP contribution < -0.4 is 0 Å². The average molecular weight is 262 g/mol. The molecule has 1 unspecified atom stereocenters. The lowest BCUT2D eigenvalue weighted by Crippen LogP contribution is -2.44. The molecule has 0 radical (unpaired) electrons. The first-order valence-corrected chi connectivity index (χ1v) is 7.83. The Labute approximate surface area is 103 Å². The fourth-order valence-corrected chi connectivity index (χ4v) is 2.93. The number of amides is 1. The summed E-state index contributed by atoms with van der Waals surface area (Å²) < 4.78 is 24.4. The minimum absolute atomic E-state index is 0.0961. The summed E-state index contributed by atoms with van der Waals surface area (Å²) in [6.07, 6.45) is 2.40. The van der Waals surface area contributed by atoms with Gasteiger partial charge in [-0.2, -0.15) is 0 Å². The van der Waals surface area contributed by atoms with Crippen LogP contribution in [0.5, 0.6) is 0 Å². The van der Waals surface area contributed by atoms with Gasteiger partial charge in [0.25, 0.3) is 0 Å². The van der Waals surface area contributed by atoms with Gasteiger partial charge in [0.1, 0.15) is 5.60 Å². The molecule has 0 aromatic carbocycles. The Morgan fingerprint density at radius 3 is 2.18 bits per heavy atom. The minimum Gasteiger partial charge on any atom is -0.444 e. The van der Waals surface area contributed by atoms with E-state index in [9.17, 15) is 9.00 Å². The van der Waals surface area contributed by atoms with Crippen LogP contribution in [0.15, 0.2) is 0 Å². The van der Waals surface area contributed by atoms with Gasteiger partial charge in [0, 0.05) is 34.3 Å². The van der Waals surface area contributed by atoms with Crippen molar-refractivity contribution in [3.8, 4) is 0 Å². The van der Waals surface area contributed by atoms with E-state index >= 15 is 0 Å². The van der Waals surface area contributed by atoms with Gasteiger partial charge >= 0.3 is 6.09 Å². The molecule has 0 aromatic heterocycles. The van der Waals surface area contributed by atoms with E-state index in [0.29, 0.717) is 25.9 Å². The number of ether oxygens (including phenoxy) is 1. The van der Waals surface area contributed by atoms with Gasteiger partial charge in [0.15, 0.2) is 0 Å². The predicted octanol–water partition coefficient (Wildman–Crippen LogP) is 2.06. The van der Waals surface area contributed by atoms with Crippen molar-refractivity contribution in [3.05, 3.63) is 0 Å². The first-order valence-electron chi connectivity index (χ1n) is 5.80. The van der Waals surface area contributed by atoms with E-state index in [1.807, 2.05) is 20.8 Å². The largest absolute Gasteiger partial charge is 0.444 e. The number of hydrogen-bond donors (Lipinski definition) is 1. The second-order valence-corrected chi connectivity index (χ2v) is 8.05. The first-order chi connectivity index (χ1) is 7.59. The number of rotatable bonds is 1. The normalized spacial score (nSPS) is 22.0. The fourth-order valence-electron chi connectivity index (χ4n) is 1.81. The highest BCUT2D eigenvalue weighted by molar-refractivity contribution is 7.92. The molecular formula is C11H22N2O3S. The zero-order valence-corrected chi connectivity index (χ0v) is 11.8. The Bertz CT molecular complexity index is 376. The number of carbonyl (C=O) groups excluding carboxylic acids is 1. The maximum Gasteiger partial charge on any atom is 0.410 e. The topological polar surface area (TPSA) is 70.5 Å². The molecule has 1 saturated heterocycles. The lowest BCUT2D eigenvalue weighted by molar-refractivity contribution is 0.0218. The molecule has 1 atom stereocenters. The molecular weight excluding hydrogens is 240 g/mol. The Morgan fingerprint density at radius 2 is 1.82 bits per heavy atom. The van der Waals surface area contributed by atoms with E-state index in [2.05, 4.69) is 0 Å². The molecule has 17 heavy (non-hydrogen) atoms. The smallest absolute Gasteiger partial charge is 0.410 e. The highest BCUT2D eigenvalue weighted by Crippen LogP contribution is 2.19. The van der Waals surface area contributed by atoms with Crippen molar-refractivity contribution in [2.75, 3.05) is 19.3 Å². The van der Waals surface area contributed by atoms with Gasteiger partial charge in [-0.3, -0.25) is 4.78 Å². The third kappa shape index (κ3) is 4.53. The summed E-state index contributed by atoms with van der Waals surface area (Å²) in [6.45, 7) is 6.56. The number of likely N-dealkylation sites (tertiary alicyclic amines) is 1. The SMILES string of the molecule is CC(C)(C)OC(=O)N1CCC(S(C)(=N)=O)CC1. The molecule has 0 bridgehead atoms. The van der Waals surface area contributed by atoms with Crippen LogP contribution in [0.3, 0.4) is 0 Å². The van der Waals surface area contributed by atoms with Crippen LogP contribution in [0.2, 0.25) is 0 Å². The number of piperidine rings is 1. The third-order valence-corrected chi connectivity index (χ3v) is 4.47. The monoisotopic (exact) mass is 262 g/mol. The van der Waals surface area contributed by atoms with Crippen molar-refractivity contribution in [2.24, 2.45) is 0 Å². The van der Waals surface area contributed by atoms with Gasteiger partial charge in [-0.25, -0.2) is 9.00 Å². The Kier molecular flexibility index (Phi) is 4.06. The second-order valence-electron chi connectivity index (χ2n) is 5.57. The zero-order valence-electron chi connectivity index (χ0n) is 11.0. The molecule has 0 spiro atoms. The summed E-state index contributed by atoms with van der Waals surface area (Å²) in [5, 5.41) is -0.0961. The maximum absolute atomic E-state index is 11.8. The molecule has 1 heterocycles. The highest BCUT2D eigenvalue weighted by Gasteiger charge is 2.29. The maximum atomic E-state index is 11.8. The van der Waals surface area contributed by atoms with E-state index in [-0.39, 0.29) is 11.3 Å². The van der Waals surface area contributed by atoms with Gasteiger partial charge in [-0.15, -0.1) is 0 Å². The standard InChI is InChI=1S/C11H22N2O3S/c1-11(2,3)16-10(14)13-7-5-9(6-8-13)17(4,12)15/h9,12H,5-8H2,1-4H3. The third-order valence-electron chi connectivity index (χ3n) is 2.73. The van der Waals surface area contributed by atoms with Crippen molar-refractivity contribution in [1.82, 2.24) is 4.90 Å². The van der Waals surface area contributed by atoms with Crippen molar-refractivity contribution in [2.45, 2.75) is 44.5 Å². The van der Waals surface area contributed by atoms with Crippen LogP contribution in [-0.4, -0.2) is 45.4 Å². The number of carbonyl (C=O) groups is 1. The van der Waals surface area contributed by atoms with Crippen LogP contribution in [0.4, 0.5) is 4.79 Å². The molecule has 0 aromatic rings. The molecule has 1 aliphatic heterocycles. The van der Waals surface area contributed by atoms with Crippen molar-refractivity contribution < 1.29 is 13.7 Å². The molecule has 0 saturated carbocycles.